The number of nitro groups is 1. The molecule has 9 heteroatoms. The second-order valence-electron chi connectivity index (χ2n) is 4.54. The van der Waals surface area contributed by atoms with Crippen molar-refractivity contribution in [2.45, 2.75) is 0 Å². The quantitative estimate of drug-likeness (QED) is 0.525. The van der Waals surface area contributed by atoms with Crippen molar-refractivity contribution in [3.8, 4) is 11.6 Å². The van der Waals surface area contributed by atoms with Crippen LogP contribution in [0.15, 0.2) is 61.2 Å². The molecule has 0 radical (unpaired) electrons. The number of benzene rings is 1. The number of hydrogen-bond donors (Lipinski definition) is 2. The third-order valence-electron chi connectivity index (χ3n) is 2.92. The molecule has 0 fully saturated rings. The molecule has 9 nitrogen and oxygen atoms in total. The van der Waals surface area contributed by atoms with Gasteiger partial charge in [0.15, 0.2) is 0 Å². The number of pyridine rings is 1. The minimum absolute atomic E-state index is 0.0160. The molecule has 0 aliphatic rings. The van der Waals surface area contributed by atoms with E-state index in [-0.39, 0.29) is 17.4 Å². The normalized spacial score (nSPS) is 10.0. The summed E-state index contributed by atoms with van der Waals surface area (Å²) in [5, 5.41) is 11.4. The van der Waals surface area contributed by atoms with Gasteiger partial charge in [-0.1, -0.05) is 18.2 Å². The Kier molecular flexibility index (Phi) is 4.43. The van der Waals surface area contributed by atoms with E-state index in [2.05, 4.69) is 25.8 Å². The van der Waals surface area contributed by atoms with Crippen molar-refractivity contribution in [2.75, 3.05) is 10.9 Å². The number of nitrogens with zero attached hydrogens (tertiary/aromatic N) is 4. The monoisotopic (exact) mass is 324 g/mol. The van der Waals surface area contributed by atoms with E-state index >= 15 is 0 Å². The number of aromatic nitrogens is 3. The number of anilines is 2. The van der Waals surface area contributed by atoms with Gasteiger partial charge in [-0.3, -0.25) is 25.9 Å². The molecule has 0 bridgehead atoms. The first-order chi connectivity index (χ1) is 11.7. The first kappa shape index (κ1) is 15.2. The zero-order valence-corrected chi connectivity index (χ0v) is 12.3. The summed E-state index contributed by atoms with van der Waals surface area (Å²) in [6, 6.07) is 12.4. The molecular weight excluding hydrogens is 312 g/mol. The smallest absolute Gasteiger partial charge is 0.374 e. The Balaban J connectivity index is 1.86. The van der Waals surface area contributed by atoms with Gasteiger partial charge in [0.25, 0.3) is 0 Å². The van der Waals surface area contributed by atoms with E-state index in [1.54, 1.807) is 30.5 Å². The molecule has 2 heterocycles. The van der Waals surface area contributed by atoms with E-state index in [1.165, 1.54) is 12.5 Å². The van der Waals surface area contributed by atoms with Crippen molar-refractivity contribution >= 4 is 17.2 Å². The largest absolute Gasteiger partial charge is 0.432 e. The molecule has 24 heavy (non-hydrogen) atoms. The van der Waals surface area contributed by atoms with Crippen LogP contribution in [0.25, 0.3) is 0 Å². The molecule has 3 aromatic rings. The molecule has 0 amide bonds. The summed E-state index contributed by atoms with van der Waals surface area (Å²) >= 11 is 0. The van der Waals surface area contributed by atoms with Crippen molar-refractivity contribution < 1.29 is 9.66 Å². The topological polar surface area (TPSA) is 115 Å². The Hall–Kier alpha value is -3.75. The molecule has 1 aromatic carbocycles. The molecule has 0 saturated carbocycles. The maximum atomic E-state index is 11.4. The van der Waals surface area contributed by atoms with E-state index in [0.717, 1.165) is 5.69 Å². The molecule has 0 atom stereocenters. The Morgan fingerprint density at radius 1 is 1.04 bits per heavy atom. The standard InChI is InChI=1S/C15H12N6O3/c22-21(23)13-14(20-19-11-5-2-1-3-6-11)17-10-18-15(13)24-12-7-4-8-16-9-12/h1-10,19H,(H,17,18,20). The Morgan fingerprint density at radius 2 is 1.88 bits per heavy atom. The predicted octanol–water partition coefficient (Wildman–Crippen LogP) is 3.01. The summed E-state index contributed by atoms with van der Waals surface area (Å²) in [5.41, 5.74) is 5.87. The molecular formula is C15H12N6O3. The van der Waals surface area contributed by atoms with Crippen molar-refractivity contribution in [1.82, 2.24) is 15.0 Å². The van der Waals surface area contributed by atoms with Crippen LogP contribution in [0.2, 0.25) is 0 Å². The molecule has 120 valence electrons. The van der Waals surface area contributed by atoms with Crippen LogP contribution in [0.4, 0.5) is 17.2 Å². The lowest BCUT2D eigenvalue weighted by molar-refractivity contribution is -0.385. The lowest BCUT2D eigenvalue weighted by Gasteiger charge is -2.10. The highest BCUT2D eigenvalue weighted by atomic mass is 16.6. The fourth-order valence-corrected chi connectivity index (χ4v) is 1.87. The highest BCUT2D eigenvalue weighted by molar-refractivity contribution is 5.64. The van der Waals surface area contributed by atoms with E-state index in [9.17, 15) is 10.1 Å². The number of para-hydroxylation sites is 1. The third-order valence-corrected chi connectivity index (χ3v) is 2.92. The fourth-order valence-electron chi connectivity index (χ4n) is 1.87. The van der Waals surface area contributed by atoms with Crippen LogP contribution in [0.3, 0.4) is 0 Å². The van der Waals surface area contributed by atoms with Gasteiger partial charge in [-0.25, -0.2) is 4.98 Å². The van der Waals surface area contributed by atoms with Crippen molar-refractivity contribution in [3.05, 3.63) is 71.3 Å². The number of ether oxygens (including phenoxy) is 1. The van der Waals surface area contributed by atoms with E-state index in [1.807, 2.05) is 18.2 Å². The van der Waals surface area contributed by atoms with E-state index in [0.29, 0.717) is 5.75 Å². The zero-order valence-electron chi connectivity index (χ0n) is 12.3. The van der Waals surface area contributed by atoms with Crippen LogP contribution in [0.5, 0.6) is 11.6 Å². The van der Waals surface area contributed by atoms with Crippen molar-refractivity contribution in [3.63, 3.8) is 0 Å². The van der Waals surface area contributed by atoms with Gasteiger partial charge in [-0.2, -0.15) is 4.98 Å². The molecule has 0 saturated heterocycles. The molecule has 2 aromatic heterocycles. The van der Waals surface area contributed by atoms with Crippen molar-refractivity contribution in [2.24, 2.45) is 0 Å². The Bertz CT molecular complexity index is 829. The number of hydrazine groups is 1. The third kappa shape index (κ3) is 3.53. The highest BCUT2D eigenvalue weighted by Crippen LogP contribution is 2.33. The van der Waals surface area contributed by atoms with E-state index < -0.39 is 4.92 Å². The van der Waals surface area contributed by atoms with Gasteiger partial charge in [0.05, 0.1) is 16.8 Å². The molecule has 0 aliphatic heterocycles. The van der Waals surface area contributed by atoms with Crippen LogP contribution in [-0.4, -0.2) is 19.9 Å². The van der Waals surface area contributed by atoms with E-state index in [4.69, 9.17) is 4.74 Å². The number of hydrogen-bond acceptors (Lipinski definition) is 8. The van der Waals surface area contributed by atoms with Gasteiger partial charge in [-0.15, -0.1) is 0 Å². The fraction of sp³-hybridized carbons (Fsp3) is 0. The molecule has 0 spiro atoms. The van der Waals surface area contributed by atoms with Crippen LogP contribution in [-0.2, 0) is 0 Å². The minimum atomic E-state index is -0.610. The first-order valence-corrected chi connectivity index (χ1v) is 6.88. The molecule has 0 unspecified atom stereocenters. The Morgan fingerprint density at radius 3 is 2.58 bits per heavy atom. The van der Waals surface area contributed by atoms with Crippen molar-refractivity contribution in [1.29, 1.82) is 0 Å². The number of rotatable bonds is 6. The van der Waals surface area contributed by atoms with Crippen LogP contribution < -0.4 is 15.6 Å². The summed E-state index contributed by atoms with van der Waals surface area (Å²) in [4.78, 5) is 22.4. The lowest BCUT2D eigenvalue weighted by atomic mass is 10.3. The predicted molar refractivity (Wildman–Crippen MR) is 86.7 cm³/mol. The van der Waals surface area contributed by atoms with Gasteiger partial charge >= 0.3 is 11.6 Å². The van der Waals surface area contributed by atoms with Gasteiger partial charge in [0.2, 0.25) is 5.82 Å². The second kappa shape index (κ2) is 7.01. The molecule has 3 rings (SSSR count). The van der Waals surface area contributed by atoms with Gasteiger partial charge in [0.1, 0.15) is 12.1 Å². The summed E-state index contributed by atoms with van der Waals surface area (Å²) in [6.45, 7) is 0. The summed E-state index contributed by atoms with van der Waals surface area (Å²) < 4.78 is 5.44. The maximum absolute atomic E-state index is 11.4. The van der Waals surface area contributed by atoms with Gasteiger partial charge < -0.3 is 4.74 Å². The maximum Gasteiger partial charge on any atom is 0.374 e. The average Bonchev–Trinajstić information content (AvgIpc) is 2.61. The zero-order chi connectivity index (χ0) is 16.8. The summed E-state index contributed by atoms with van der Waals surface area (Å²) in [7, 11) is 0. The lowest BCUT2D eigenvalue weighted by Crippen LogP contribution is -2.12. The average molecular weight is 324 g/mol. The summed E-state index contributed by atoms with van der Waals surface area (Å²) in [6.07, 6.45) is 4.17. The molecule has 2 N–H and O–H groups in total. The molecule has 0 aliphatic carbocycles. The van der Waals surface area contributed by atoms with Crippen LogP contribution in [0, 0.1) is 10.1 Å². The van der Waals surface area contributed by atoms with Gasteiger partial charge in [0, 0.05) is 6.20 Å². The minimum Gasteiger partial charge on any atom is -0.432 e. The van der Waals surface area contributed by atoms with Crippen LogP contribution >= 0.6 is 0 Å². The Labute approximate surface area is 136 Å². The highest BCUT2D eigenvalue weighted by Gasteiger charge is 2.25. The first-order valence-electron chi connectivity index (χ1n) is 6.88. The van der Waals surface area contributed by atoms with Gasteiger partial charge in [-0.05, 0) is 24.3 Å². The second-order valence-corrected chi connectivity index (χ2v) is 4.54. The summed E-state index contributed by atoms with van der Waals surface area (Å²) in [5.74, 6) is 0.138. The SMILES string of the molecule is O=[N+]([O-])c1c(NNc2ccccc2)ncnc1Oc1cccnc1. The number of nitrogens with one attached hydrogen (secondary N) is 2. The van der Waals surface area contributed by atoms with Crippen LogP contribution in [0.1, 0.15) is 0 Å².